The molecular formula is C16H29NO2. The molecule has 1 amide bonds. The molecule has 0 spiro atoms. The van der Waals surface area contributed by atoms with Gasteiger partial charge >= 0.3 is 6.09 Å². The Morgan fingerprint density at radius 1 is 1.16 bits per heavy atom. The first kappa shape index (κ1) is 14.7. The zero-order valence-corrected chi connectivity index (χ0v) is 12.9. The fourth-order valence-corrected chi connectivity index (χ4v) is 3.66. The second-order valence-electron chi connectivity index (χ2n) is 7.42. The molecule has 110 valence electrons. The van der Waals surface area contributed by atoms with Crippen LogP contribution in [0, 0.1) is 11.8 Å². The van der Waals surface area contributed by atoms with E-state index >= 15 is 0 Å². The van der Waals surface area contributed by atoms with E-state index in [1.54, 1.807) is 0 Å². The van der Waals surface area contributed by atoms with E-state index < -0.39 is 0 Å². The molecule has 0 unspecified atom stereocenters. The summed E-state index contributed by atoms with van der Waals surface area (Å²) in [6.45, 7) is 9.05. The van der Waals surface area contributed by atoms with Crippen LogP contribution in [-0.2, 0) is 4.74 Å². The minimum Gasteiger partial charge on any atom is -0.444 e. The van der Waals surface area contributed by atoms with E-state index in [1.165, 1.54) is 25.7 Å². The third-order valence-electron chi connectivity index (χ3n) is 4.45. The number of rotatable bonds is 1. The molecule has 0 aromatic rings. The lowest BCUT2D eigenvalue weighted by Crippen LogP contribution is -2.44. The Labute approximate surface area is 117 Å². The van der Waals surface area contributed by atoms with E-state index in [0.29, 0.717) is 12.0 Å². The normalized spacial score (nSPS) is 32.4. The average molecular weight is 267 g/mol. The molecule has 0 radical (unpaired) electrons. The van der Waals surface area contributed by atoms with Crippen LogP contribution in [0.3, 0.4) is 0 Å². The SMILES string of the molecule is C[C@@H]1CCC[C@H]([C@@H]2CCCN2C(=O)OC(C)(C)C)C1. The van der Waals surface area contributed by atoms with Gasteiger partial charge in [-0.1, -0.05) is 19.8 Å². The van der Waals surface area contributed by atoms with Crippen molar-refractivity contribution in [3.63, 3.8) is 0 Å². The maximum Gasteiger partial charge on any atom is 0.410 e. The fraction of sp³-hybridized carbons (Fsp3) is 0.938. The van der Waals surface area contributed by atoms with E-state index in [2.05, 4.69) is 6.92 Å². The summed E-state index contributed by atoms with van der Waals surface area (Å²) in [4.78, 5) is 14.3. The molecule has 19 heavy (non-hydrogen) atoms. The number of carbonyl (C=O) groups excluding carboxylic acids is 1. The Bertz CT molecular complexity index is 321. The van der Waals surface area contributed by atoms with Crippen LogP contribution in [0.4, 0.5) is 4.79 Å². The van der Waals surface area contributed by atoms with Gasteiger partial charge in [-0.25, -0.2) is 4.79 Å². The van der Waals surface area contributed by atoms with E-state index in [9.17, 15) is 4.79 Å². The fourth-order valence-electron chi connectivity index (χ4n) is 3.66. The topological polar surface area (TPSA) is 29.5 Å². The Kier molecular flexibility index (Phi) is 4.42. The van der Waals surface area contributed by atoms with Gasteiger partial charge in [0, 0.05) is 12.6 Å². The van der Waals surface area contributed by atoms with Crippen LogP contribution in [0.2, 0.25) is 0 Å². The molecule has 0 N–H and O–H groups in total. The van der Waals surface area contributed by atoms with E-state index in [1.807, 2.05) is 25.7 Å². The highest BCUT2D eigenvalue weighted by Crippen LogP contribution is 2.37. The standard InChI is InChI=1S/C16H29NO2/c1-12-7-5-8-13(11-12)14-9-6-10-17(14)15(18)19-16(2,3)4/h12-14H,5-11H2,1-4H3/t12-,13+,14+/m1/s1. The minimum absolute atomic E-state index is 0.103. The monoisotopic (exact) mass is 267 g/mol. The third kappa shape index (κ3) is 3.87. The van der Waals surface area contributed by atoms with Crippen molar-refractivity contribution in [1.82, 2.24) is 4.90 Å². The van der Waals surface area contributed by atoms with Crippen LogP contribution in [0.1, 0.15) is 66.2 Å². The zero-order valence-electron chi connectivity index (χ0n) is 12.9. The molecule has 1 saturated carbocycles. The van der Waals surface area contributed by atoms with E-state index in [0.717, 1.165) is 25.3 Å². The maximum absolute atomic E-state index is 12.3. The number of ether oxygens (including phenoxy) is 1. The molecule has 0 aromatic carbocycles. The summed E-state index contributed by atoms with van der Waals surface area (Å²) in [5.41, 5.74) is -0.385. The molecular weight excluding hydrogens is 238 g/mol. The van der Waals surface area contributed by atoms with Crippen LogP contribution < -0.4 is 0 Å². The molecule has 1 aliphatic heterocycles. The summed E-state index contributed by atoms with van der Waals surface area (Å²) in [6, 6.07) is 0.428. The zero-order chi connectivity index (χ0) is 14.0. The van der Waals surface area contributed by atoms with Gasteiger partial charge < -0.3 is 9.64 Å². The van der Waals surface area contributed by atoms with Crippen molar-refractivity contribution < 1.29 is 9.53 Å². The highest BCUT2D eigenvalue weighted by molar-refractivity contribution is 5.69. The molecule has 2 rings (SSSR count). The van der Waals surface area contributed by atoms with Crippen LogP contribution in [0.15, 0.2) is 0 Å². The highest BCUT2D eigenvalue weighted by atomic mass is 16.6. The number of nitrogens with zero attached hydrogens (tertiary/aromatic N) is 1. The molecule has 0 aromatic heterocycles. The summed E-state index contributed by atoms with van der Waals surface area (Å²) in [5.74, 6) is 1.51. The van der Waals surface area contributed by atoms with Crippen molar-refractivity contribution >= 4 is 6.09 Å². The van der Waals surface area contributed by atoms with Crippen molar-refractivity contribution in [3.8, 4) is 0 Å². The van der Waals surface area contributed by atoms with E-state index in [4.69, 9.17) is 4.74 Å². The van der Waals surface area contributed by atoms with Crippen molar-refractivity contribution in [2.24, 2.45) is 11.8 Å². The molecule has 3 nitrogen and oxygen atoms in total. The van der Waals surface area contributed by atoms with Gasteiger partial charge in [0.25, 0.3) is 0 Å². The maximum atomic E-state index is 12.3. The number of amides is 1. The average Bonchev–Trinajstić information content (AvgIpc) is 2.75. The first-order valence-electron chi connectivity index (χ1n) is 7.86. The van der Waals surface area contributed by atoms with E-state index in [-0.39, 0.29) is 11.7 Å². The second-order valence-corrected chi connectivity index (χ2v) is 7.42. The molecule has 0 bridgehead atoms. The molecule has 2 aliphatic rings. The molecule has 1 aliphatic carbocycles. The minimum atomic E-state index is -0.385. The predicted octanol–water partition coefficient (Wildman–Crippen LogP) is 4.21. The third-order valence-corrected chi connectivity index (χ3v) is 4.45. The van der Waals surface area contributed by atoms with Gasteiger partial charge in [0.05, 0.1) is 0 Å². The van der Waals surface area contributed by atoms with Crippen molar-refractivity contribution in [1.29, 1.82) is 0 Å². The smallest absolute Gasteiger partial charge is 0.410 e. The highest BCUT2D eigenvalue weighted by Gasteiger charge is 2.38. The molecule has 3 atom stereocenters. The number of hydrogen-bond acceptors (Lipinski definition) is 2. The number of likely N-dealkylation sites (tertiary alicyclic amines) is 1. The van der Waals surface area contributed by atoms with Crippen LogP contribution >= 0.6 is 0 Å². The van der Waals surface area contributed by atoms with Gasteiger partial charge in [0.2, 0.25) is 0 Å². The Morgan fingerprint density at radius 3 is 2.53 bits per heavy atom. The van der Waals surface area contributed by atoms with Crippen molar-refractivity contribution in [2.45, 2.75) is 77.9 Å². The van der Waals surface area contributed by atoms with Crippen molar-refractivity contribution in [3.05, 3.63) is 0 Å². The largest absolute Gasteiger partial charge is 0.444 e. The van der Waals surface area contributed by atoms with Crippen molar-refractivity contribution in [2.75, 3.05) is 6.54 Å². The summed E-state index contributed by atoms with van der Waals surface area (Å²) >= 11 is 0. The molecule has 1 heterocycles. The van der Waals surface area contributed by atoms with Gasteiger partial charge in [0.1, 0.15) is 5.60 Å². The van der Waals surface area contributed by atoms with Crippen LogP contribution in [0.5, 0.6) is 0 Å². The Morgan fingerprint density at radius 2 is 1.89 bits per heavy atom. The quantitative estimate of drug-likeness (QED) is 0.712. The predicted molar refractivity (Wildman–Crippen MR) is 77.1 cm³/mol. The summed E-state index contributed by atoms with van der Waals surface area (Å²) in [5, 5.41) is 0. The lowest BCUT2D eigenvalue weighted by Gasteiger charge is -2.36. The number of carbonyl (C=O) groups is 1. The lowest BCUT2D eigenvalue weighted by molar-refractivity contribution is 0.0144. The molecule has 3 heteroatoms. The van der Waals surface area contributed by atoms with Gasteiger partial charge in [0.15, 0.2) is 0 Å². The van der Waals surface area contributed by atoms with Gasteiger partial charge in [-0.05, 0) is 58.3 Å². The lowest BCUT2D eigenvalue weighted by atomic mass is 9.78. The first-order chi connectivity index (χ1) is 8.87. The van der Waals surface area contributed by atoms with Gasteiger partial charge in [-0.3, -0.25) is 0 Å². The Hall–Kier alpha value is -0.730. The first-order valence-corrected chi connectivity index (χ1v) is 7.86. The van der Waals surface area contributed by atoms with Gasteiger partial charge in [-0.15, -0.1) is 0 Å². The summed E-state index contributed by atoms with van der Waals surface area (Å²) in [6.07, 6.45) is 7.44. The number of hydrogen-bond donors (Lipinski definition) is 0. The van der Waals surface area contributed by atoms with Gasteiger partial charge in [-0.2, -0.15) is 0 Å². The summed E-state index contributed by atoms with van der Waals surface area (Å²) in [7, 11) is 0. The molecule has 2 fully saturated rings. The Balaban J connectivity index is 1.98. The summed E-state index contributed by atoms with van der Waals surface area (Å²) < 4.78 is 5.56. The molecule has 1 saturated heterocycles. The second kappa shape index (κ2) is 5.72. The van der Waals surface area contributed by atoms with Crippen LogP contribution in [0.25, 0.3) is 0 Å². The van der Waals surface area contributed by atoms with Crippen LogP contribution in [-0.4, -0.2) is 29.2 Å².